The van der Waals surface area contributed by atoms with Gasteiger partial charge in [0.25, 0.3) is 5.56 Å². The summed E-state index contributed by atoms with van der Waals surface area (Å²) in [5.41, 5.74) is 3.59. The molecule has 1 saturated heterocycles. The van der Waals surface area contributed by atoms with Gasteiger partial charge in [0.2, 0.25) is 0 Å². The number of aryl methyl sites for hydroxylation is 2. The van der Waals surface area contributed by atoms with Crippen molar-refractivity contribution >= 4 is 0 Å². The highest BCUT2D eigenvalue weighted by molar-refractivity contribution is 5.65. The second-order valence-corrected chi connectivity index (χ2v) is 8.27. The third-order valence-electron chi connectivity index (χ3n) is 6.19. The van der Waals surface area contributed by atoms with Crippen LogP contribution in [0.2, 0.25) is 0 Å². The quantitative estimate of drug-likeness (QED) is 0.739. The van der Waals surface area contributed by atoms with Gasteiger partial charge in [-0.25, -0.2) is 4.98 Å². The minimum absolute atomic E-state index is 0.157. The highest BCUT2D eigenvalue weighted by Gasteiger charge is 2.37. The van der Waals surface area contributed by atoms with E-state index in [0.29, 0.717) is 11.5 Å². The molecular weight excluding hydrogens is 350 g/mol. The summed E-state index contributed by atoms with van der Waals surface area (Å²) in [6.07, 6.45) is 4.14. The molecule has 3 heterocycles. The van der Waals surface area contributed by atoms with Crippen molar-refractivity contribution < 1.29 is 4.42 Å². The lowest BCUT2D eigenvalue weighted by atomic mass is 10.1. The molecule has 2 aliphatic rings. The molecule has 1 aliphatic carbocycles. The summed E-state index contributed by atoms with van der Waals surface area (Å²) >= 11 is 0. The molecule has 28 heavy (non-hydrogen) atoms. The van der Waals surface area contributed by atoms with Crippen LogP contribution in [-0.4, -0.2) is 27.5 Å². The van der Waals surface area contributed by atoms with Gasteiger partial charge in [0.05, 0.1) is 5.69 Å². The number of fused-ring (bicyclic) bond motifs is 2. The number of nitrogens with one attached hydrogen (secondary N) is 1. The maximum absolute atomic E-state index is 12.2. The lowest BCUT2D eigenvalue weighted by Crippen LogP contribution is -2.31. The van der Waals surface area contributed by atoms with Gasteiger partial charge in [-0.1, -0.05) is 24.3 Å². The van der Waals surface area contributed by atoms with E-state index < -0.39 is 0 Å². The lowest BCUT2D eigenvalue weighted by molar-refractivity contribution is 0.205. The highest BCUT2D eigenvalue weighted by Crippen LogP contribution is 2.38. The molecule has 2 bridgehead atoms. The maximum atomic E-state index is 12.2. The Labute approximate surface area is 164 Å². The van der Waals surface area contributed by atoms with Crippen molar-refractivity contribution in [2.45, 2.75) is 45.7 Å². The second kappa shape index (κ2) is 6.74. The van der Waals surface area contributed by atoms with Gasteiger partial charge in [0.15, 0.2) is 0 Å². The van der Waals surface area contributed by atoms with Crippen LogP contribution in [0.3, 0.4) is 0 Å². The van der Waals surface area contributed by atoms with Gasteiger partial charge >= 0.3 is 0 Å². The fourth-order valence-electron chi connectivity index (χ4n) is 4.84. The SMILES string of the molecule is Cc1cc(-c2cc(=O)[nH]c(-c3ccc(CN4C[C@H]5CC[C@H]4C5)cc3)n2)c(C)o1. The molecule has 144 valence electrons. The molecule has 0 radical (unpaired) electrons. The standard InChI is InChI=1S/C23H25N3O2/c1-14-9-20(15(2)28-14)21-11-22(27)25-23(24-21)18-6-3-16(4-7-18)12-26-13-17-5-8-19(26)10-17/h3-4,6-7,9,11,17,19H,5,8,10,12-13H2,1-2H3,(H,24,25,27)/t17-,19-/m0/s1. The number of aromatic nitrogens is 2. The Morgan fingerprint density at radius 3 is 2.64 bits per heavy atom. The van der Waals surface area contributed by atoms with Crippen molar-refractivity contribution in [3.05, 3.63) is 63.8 Å². The summed E-state index contributed by atoms with van der Waals surface area (Å²) < 4.78 is 5.60. The van der Waals surface area contributed by atoms with Crippen LogP contribution in [0, 0.1) is 19.8 Å². The van der Waals surface area contributed by atoms with Crippen LogP contribution in [0.5, 0.6) is 0 Å². The number of hydrogen-bond donors (Lipinski definition) is 1. The first-order valence-electron chi connectivity index (χ1n) is 10.1. The summed E-state index contributed by atoms with van der Waals surface area (Å²) in [5, 5.41) is 0. The van der Waals surface area contributed by atoms with Crippen LogP contribution in [0.1, 0.15) is 36.3 Å². The first-order chi connectivity index (χ1) is 13.5. The van der Waals surface area contributed by atoms with Crippen molar-refractivity contribution in [2.75, 3.05) is 6.54 Å². The highest BCUT2D eigenvalue weighted by atomic mass is 16.3. The van der Waals surface area contributed by atoms with Crippen molar-refractivity contribution in [2.24, 2.45) is 5.92 Å². The van der Waals surface area contributed by atoms with Gasteiger partial charge in [-0.2, -0.15) is 0 Å². The lowest BCUT2D eigenvalue weighted by Gasteiger charge is -2.26. The Morgan fingerprint density at radius 1 is 1.18 bits per heavy atom. The van der Waals surface area contributed by atoms with E-state index in [1.165, 1.54) is 37.4 Å². The molecule has 2 atom stereocenters. The predicted octanol–water partition coefficient (Wildman–Crippen LogP) is 4.30. The number of H-pyrrole nitrogens is 1. The van der Waals surface area contributed by atoms with E-state index in [9.17, 15) is 4.79 Å². The van der Waals surface area contributed by atoms with Crippen LogP contribution in [0.15, 0.2) is 45.6 Å². The topological polar surface area (TPSA) is 62.1 Å². The van der Waals surface area contributed by atoms with Crippen LogP contribution in [-0.2, 0) is 6.54 Å². The van der Waals surface area contributed by atoms with E-state index >= 15 is 0 Å². The minimum Gasteiger partial charge on any atom is -0.466 e. The van der Waals surface area contributed by atoms with Crippen molar-refractivity contribution in [3.8, 4) is 22.6 Å². The molecule has 1 aliphatic heterocycles. The Hall–Kier alpha value is -2.66. The number of benzene rings is 1. The fourth-order valence-corrected chi connectivity index (χ4v) is 4.84. The molecule has 1 aromatic carbocycles. The third kappa shape index (κ3) is 3.20. The summed E-state index contributed by atoms with van der Waals surface area (Å²) in [6.45, 7) is 6.05. The number of nitrogens with zero attached hydrogens (tertiary/aromatic N) is 2. The molecule has 3 aromatic rings. The Bertz CT molecular complexity index is 1060. The molecular formula is C23H25N3O2. The number of likely N-dealkylation sites (tertiary alicyclic amines) is 1. The van der Waals surface area contributed by atoms with Gasteiger partial charge in [-0.3, -0.25) is 9.69 Å². The van der Waals surface area contributed by atoms with Crippen molar-refractivity contribution in [1.29, 1.82) is 0 Å². The van der Waals surface area contributed by atoms with Crippen LogP contribution >= 0.6 is 0 Å². The zero-order valence-corrected chi connectivity index (χ0v) is 16.4. The van der Waals surface area contributed by atoms with Gasteiger partial charge in [-0.05, 0) is 50.7 Å². The number of furan rings is 1. The molecule has 5 heteroatoms. The van der Waals surface area contributed by atoms with E-state index in [1.54, 1.807) is 0 Å². The smallest absolute Gasteiger partial charge is 0.251 e. The fraction of sp³-hybridized carbons (Fsp3) is 0.391. The van der Waals surface area contributed by atoms with Crippen molar-refractivity contribution in [3.63, 3.8) is 0 Å². The number of aromatic amines is 1. The number of hydrogen-bond acceptors (Lipinski definition) is 4. The van der Waals surface area contributed by atoms with Gasteiger partial charge in [0, 0.05) is 36.3 Å². The maximum Gasteiger partial charge on any atom is 0.251 e. The summed E-state index contributed by atoms with van der Waals surface area (Å²) in [4.78, 5) is 22.4. The van der Waals surface area contributed by atoms with Crippen LogP contribution in [0.25, 0.3) is 22.6 Å². The van der Waals surface area contributed by atoms with E-state index in [2.05, 4.69) is 39.1 Å². The van der Waals surface area contributed by atoms with Gasteiger partial charge in [0.1, 0.15) is 17.3 Å². The minimum atomic E-state index is -0.157. The van der Waals surface area contributed by atoms with Gasteiger partial charge in [-0.15, -0.1) is 0 Å². The van der Waals surface area contributed by atoms with Crippen molar-refractivity contribution in [1.82, 2.24) is 14.9 Å². The molecule has 0 amide bonds. The Kier molecular flexibility index (Phi) is 4.20. The largest absolute Gasteiger partial charge is 0.466 e. The Morgan fingerprint density at radius 2 is 2.00 bits per heavy atom. The zero-order valence-electron chi connectivity index (χ0n) is 16.4. The average molecular weight is 375 g/mol. The van der Waals surface area contributed by atoms with E-state index in [0.717, 1.165) is 41.2 Å². The second-order valence-electron chi connectivity index (χ2n) is 8.27. The molecule has 2 aromatic heterocycles. The monoisotopic (exact) mass is 375 g/mol. The Balaban J connectivity index is 1.40. The predicted molar refractivity (Wildman–Crippen MR) is 109 cm³/mol. The number of rotatable bonds is 4. The average Bonchev–Trinajstić information content (AvgIpc) is 3.37. The summed E-state index contributed by atoms with van der Waals surface area (Å²) in [6, 6.07) is 12.6. The van der Waals surface area contributed by atoms with Crippen LogP contribution in [0.4, 0.5) is 0 Å². The zero-order chi connectivity index (χ0) is 19.3. The summed E-state index contributed by atoms with van der Waals surface area (Å²) in [5.74, 6) is 3.09. The number of piperidine rings is 1. The molecule has 1 saturated carbocycles. The van der Waals surface area contributed by atoms with E-state index in [-0.39, 0.29) is 5.56 Å². The normalized spacial score (nSPS) is 21.5. The van der Waals surface area contributed by atoms with Crippen LogP contribution < -0.4 is 5.56 Å². The molecule has 0 unspecified atom stereocenters. The molecule has 2 fully saturated rings. The molecule has 1 N–H and O–H groups in total. The first-order valence-corrected chi connectivity index (χ1v) is 10.1. The molecule has 5 rings (SSSR count). The van der Waals surface area contributed by atoms with Gasteiger partial charge < -0.3 is 9.40 Å². The van der Waals surface area contributed by atoms with E-state index in [4.69, 9.17) is 4.42 Å². The third-order valence-corrected chi connectivity index (χ3v) is 6.19. The molecule has 5 nitrogen and oxygen atoms in total. The first kappa shape index (κ1) is 17.4. The summed E-state index contributed by atoms with van der Waals surface area (Å²) in [7, 11) is 0. The van der Waals surface area contributed by atoms with E-state index in [1.807, 2.05) is 19.9 Å². The molecule has 0 spiro atoms.